The van der Waals surface area contributed by atoms with Gasteiger partial charge in [-0.05, 0) is 22.3 Å². The fraction of sp³-hybridized carbons (Fsp3) is 0.385. The molecule has 4 N–H and O–H groups in total. The zero-order valence-electron chi connectivity index (χ0n) is 21.7. The molecule has 3 atom stereocenters. The lowest BCUT2D eigenvalue weighted by Crippen LogP contribution is -2.67. The molecule has 0 spiro atoms. The van der Waals surface area contributed by atoms with Gasteiger partial charge in [-0.15, -0.1) is 0 Å². The van der Waals surface area contributed by atoms with E-state index in [1.807, 2.05) is 60.7 Å². The van der Waals surface area contributed by atoms with Gasteiger partial charge >= 0.3 is 13.3 Å². The van der Waals surface area contributed by atoms with Crippen LogP contribution in [-0.2, 0) is 13.7 Å². The molecule has 0 saturated carbocycles. The molecule has 0 aliphatic carbocycles. The minimum atomic E-state index is -5.16. The number of aromatic nitrogens is 2. The zero-order valence-corrected chi connectivity index (χ0v) is 23.6. The van der Waals surface area contributed by atoms with E-state index in [0.717, 1.165) is 14.9 Å². The third-order valence-electron chi connectivity index (χ3n) is 7.14. The number of aliphatic hydroxyl groups is 1. The topological polar surface area (TPSA) is 151 Å². The van der Waals surface area contributed by atoms with E-state index in [1.165, 1.54) is 13.1 Å². The minimum Gasteiger partial charge on any atom is -0.405 e. The van der Waals surface area contributed by atoms with Crippen molar-refractivity contribution in [3.8, 4) is 0 Å². The van der Waals surface area contributed by atoms with Crippen LogP contribution >= 0.6 is 7.60 Å². The fourth-order valence-corrected chi connectivity index (χ4v) is 10.6. The molecule has 0 unspecified atom stereocenters. The largest absolute Gasteiger partial charge is 0.405 e. The lowest BCUT2D eigenvalue weighted by Gasteiger charge is -2.44. The van der Waals surface area contributed by atoms with Crippen molar-refractivity contribution in [3.05, 3.63) is 93.3 Å². The molecule has 0 bridgehead atoms. The van der Waals surface area contributed by atoms with E-state index in [1.54, 1.807) is 0 Å². The van der Waals surface area contributed by atoms with Gasteiger partial charge in [-0.1, -0.05) is 81.4 Å². The second kappa shape index (κ2) is 10.2. The van der Waals surface area contributed by atoms with Crippen LogP contribution in [0.1, 0.15) is 39.0 Å². The summed E-state index contributed by atoms with van der Waals surface area (Å²) in [6.07, 6.45) is -2.02. The highest BCUT2D eigenvalue weighted by molar-refractivity contribution is 7.53. The maximum atomic E-state index is 12.6. The summed E-state index contributed by atoms with van der Waals surface area (Å²) in [4.78, 5) is 46.9. The van der Waals surface area contributed by atoms with Crippen LogP contribution in [-0.4, -0.2) is 50.8 Å². The van der Waals surface area contributed by atoms with Gasteiger partial charge in [-0.2, -0.15) is 0 Å². The van der Waals surface area contributed by atoms with Gasteiger partial charge in [0.25, 0.3) is 13.9 Å². The molecule has 1 aliphatic rings. The number of ether oxygens (including phenoxy) is 1. The Morgan fingerprint density at radius 3 is 2.08 bits per heavy atom. The van der Waals surface area contributed by atoms with Gasteiger partial charge in [0.05, 0.1) is 6.61 Å². The quantitative estimate of drug-likeness (QED) is 0.251. The van der Waals surface area contributed by atoms with E-state index in [4.69, 9.17) is 9.16 Å². The summed E-state index contributed by atoms with van der Waals surface area (Å²) in [7, 11) is -8.29. The lowest BCUT2D eigenvalue weighted by atomic mass is 10.2. The predicted molar refractivity (Wildman–Crippen MR) is 145 cm³/mol. The van der Waals surface area contributed by atoms with Crippen molar-refractivity contribution < 1.29 is 28.6 Å². The number of aromatic amines is 1. The average Bonchev–Trinajstić information content (AvgIpc) is 3.20. The predicted octanol–water partition coefficient (Wildman–Crippen LogP) is 1.58. The normalized spacial score (nSPS) is 22.5. The second-order valence-electron chi connectivity index (χ2n) is 10.7. The van der Waals surface area contributed by atoms with Gasteiger partial charge in [0.1, 0.15) is 12.3 Å². The molecule has 1 saturated heterocycles. The Balaban J connectivity index is 1.79. The Kier molecular flexibility index (Phi) is 7.59. The Morgan fingerprint density at radius 2 is 1.61 bits per heavy atom. The summed E-state index contributed by atoms with van der Waals surface area (Å²) in [6.45, 7) is 7.30. The number of nitrogens with one attached hydrogen (secondary N) is 1. The van der Waals surface area contributed by atoms with Crippen molar-refractivity contribution in [1.29, 1.82) is 0 Å². The van der Waals surface area contributed by atoms with Crippen molar-refractivity contribution in [2.24, 2.45) is 0 Å². The van der Waals surface area contributed by atoms with Crippen molar-refractivity contribution in [2.45, 2.75) is 56.8 Å². The Labute approximate surface area is 221 Å². The van der Waals surface area contributed by atoms with E-state index in [0.29, 0.717) is 0 Å². The SMILES string of the molecule is Cc1cn([C@H]2C[C@](O)(P(=O)(O)O)[C@@H](CO[Si](c3ccccc3)(c3ccccc3)C(C)(C)C)O2)c(=O)[nH]c1=O. The fourth-order valence-electron chi connectivity index (χ4n) is 5.14. The van der Waals surface area contributed by atoms with Crippen LogP contribution in [0, 0.1) is 6.92 Å². The highest BCUT2D eigenvalue weighted by Gasteiger charge is 2.61. The van der Waals surface area contributed by atoms with Gasteiger partial charge in [0.2, 0.25) is 0 Å². The number of hydrogen-bond donors (Lipinski definition) is 4. The first kappa shape index (κ1) is 28.4. The molecule has 204 valence electrons. The van der Waals surface area contributed by atoms with Gasteiger partial charge in [0, 0.05) is 18.2 Å². The van der Waals surface area contributed by atoms with E-state index in [9.17, 15) is 29.0 Å². The van der Waals surface area contributed by atoms with Gasteiger partial charge in [-0.3, -0.25) is 18.9 Å². The van der Waals surface area contributed by atoms with E-state index in [2.05, 4.69) is 25.8 Å². The molecule has 0 radical (unpaired) electrons. The first-order valence-corrected chi connectivity index (χ1v) is 15.7. The number of hydrogen-bond acceptors (Lipinski definition) is 6. The second-order valence-corrected chi connectivity index (χ2v) is 16.8. The molecule has 12 heteroatoms. The maximum Gasteiger partial charge on any atom is 0.359 e. The minimum absolute atomic E-state index is 0.208. The highest BCUT2D eigenvalue weighted by atomic mass is 31.2. The summed E-state index contributed by atoms with van der Waals surface area (Å²) in [5.74, 6) is 0. The Bertz CT molecular complexity index is 1410. The standard InChI is InChI=1S/C26H33N2O8PSi/c1-18-16-28(24(30)27-23(18)29)22-15-26(31,37(32,33)34)21(36-22)17-35-38(25(2,3)4,19-11-7-5-8-12-19)20-13-9-6-10-14-20/h5-14,16,21-22,31H,15,17H2,1-4H3,(H,27,29,30)(H2,32,33,34)/t21-,22-,26+/m1/s1. The third-order valence-corrected chi connectivity index (χ3v) is 13.6. The van der Waals surface area contributed by atoms with Crippen LogP contribution in [0.15, 0.2) is 76.4 Å². The molecule has 38 heavy (non-hydrogen) atoms. The molecule has 1 fully saturated rings. The first-order valence-electron chi connectivity index (χ1n) is 12.2. The molecule has 1 aliphatic heterocycles. The molecule has 4 rings (SSSR count). The number of aryl methyl sites for hydroxylation is 1. The molecular formula is C26H33N2O8PSi. The molecular weight excluding hydrogens is 527 g/mol. The van der Waals surface area contributed by atoms with Crippen LogP contribution < -0.4 is 21.6 Å². The van der Waals surface area contributed by atoms with Crippen LogP contribution in [0.3, 0.4) is 0 Å². The Morgan fingerprint density at radius 1 is 1.08 bits per heavy atom. The summed E-state index contributed by atoms with van der Waals surface area (Å²) in [5, 5.41) is 10.2. The third kappa shape index (κ3) is 4.91. The highest BCUT2D eigenvalue weighted by Crippen LogP contribution is 2.59. The van der Waals surface area contributed by atoms with Crippen molar-refractivity contribution >= 4 is 26.3 Å². The number of nitrogens with zero attached hydrogens (tertiary/aromatic N) is 1. The van der Waals surface area contributed by atoms with Crippen LogP contribution in [0.2, 0.25) is 5.04 Å². The van der Waals surface area contributed by atoms with E-state index in [-0.39, 0.29) is 12.2 Å². The van der Waals surface area contributed by atoms with Gasteiger partial charge in [0.15, 0.2) is 5.34 Å². The summed E-state index contributed by atoms with van der Waals surface area (Å²) >= 11 is 0. The zero-order chi connectivity index (χ0) is 27.9. The molecule has 1 aromatic heterocycles. The summed E-state index contributed by atoms with van der Waals surface area (Å²) in [6, 6.07) is 19.3. The van der Waals surface area contributed by atoms with Crippen molar-refractivity contribution in [3.63, 3.8) is 0 Å². The first-order chi connectivity index (χ1) is 17.7. The molecule has 3 aromatic rings. The molecule has 2 heterocycles. The average molecular weight is 561 g/mol. The van der Waals surface area contributed by atoms with Crippen molar-refractivity contribution in [2.75, 3.05) is 6.61 Å². The monoisotopic (exact) mass is 560 g/mol. The molecule has 0 amide bonds. The number of H-pyrrole nitrogens is 1. The Hall–Kier alpha value is -2.63. The van der Waals surface area contributed by atoms with Gasteiger partial charge in [-0.25, -0.2) is 4.79 Å². The summed E-state index contributed by atoms with van der Waals surface area (Å²) < 4.78 is 26.3. The van der Waals surface area contributed by atoms with E-state index < -0.39 is 56.3 Å². The lowest BCUT2D eigenvalue weighted by molar-refractivity contribution is -0.0582. The van der Waals surface area contributed by atoms with E-state index >= 15 is 0 Å². The smallest absolute Gasteiger partial charge is 0.359 e. The van der Waals surface area contributed by atoms with Gasteiger partial charge < -0.3 is 24.1 Å². The summed E-state index contributed by atoms with van der Waals surface area (Å²) in [5.41, 5.74) is -1.19. The number of benzene rings is 2. The maximum absolute atomic E-state index is 12.6. The van der Waals surface area contributed by atoms with Crippen LogP contribution in [0.25, 0.3) is 0 Å². The van der Waals surface area contributed by atoms with Crippen LogP contribution in [0.4, 0.5) is 0 Å². The number of rotatable bonds is 7. The van der Waals surface area contributed by atoms with Crippen LogP contribution in [0.5, 0.6) is 0 Å². The molecule has 10 nitrogen and oxygen atoms in total. The van der Waals surface area contributed by atoms with Crippen molar-refractivity contribution in [1.82, 2.24) is 9.55 Å². The molecule has 2 aromatic carbocycles.